The Morgan fingerprint density at radius 2 is 2.10 bits per heavy atom. The molecular weight excluding hydrogens is 260 g/mol. The zero-order chi connectivity index (χ0) is 15.1. The lowest BCUT2D eigenvalue weighted by molar-refractivity contribution is -0.119. The van der Waals surface area contributed by atoms with Crippen LogP contribution < -0.4 is 16.0 Å². The van der Waals surface area contributed by atoms with Crippen molar-refractivity contribution in [2.45, 2.75) is 13.8 Å². The fraction of sp³-hybridized carbons (Fsp3) is 0.462. The van der Waals surface area contributed by atoms with Gasteiger partial charge >= 0.3 is 5.97 Å². The second kappa shape index (κ2) is 7.32. The summed E-state index contributed by atoms with van der Waals surface area (Å²) in [6, 6.07) is 3.07. The molecule has 0 saturated carbocycles. The van der Waals surface area contributed by atoms with E-state index in [1.807, 2.05) is 13.8 Å². The molecule has 0 saturated heterocycles. The number of amides is 1. The molecule has 1 amide bonds. The van der Waals surface area contributed by atoms with Gasteiger partial charge in [0.15, 0.2) is 11.5 Å². The number of ether oxygens (including phenoxy) is 1. The average molecular weight is 280 g/mol. The molecular formula is C13H20N4O3. The Balaban J connectivity index is 3.01. The second-order valence-electron chi connectivity index (χ2n) is 4.07. The van der Waals surface area contributed by atoms with E-state index in [9.17, 15) is 9.59 Å². The molecule has 0 aliphatic rings. The lowest BCUT2D eigenvalue weighted by Crippen LogP contribution is -2.38. The molecule has 0 radical (unpaired) electrons. The molecule has 0 aliphatic heterocycles. The number of hydrogen-bond donors (Lipinski definition) is 2. The Hall–Kier alpha value is -2.31. The van der Waals surface area contributed by atoms with Gasteiger partial charge in [0.25, 0.3) is 0 Å². The van der Waals surface area contributed by atoms with Gasteiger partial charge in [-0.15, -0.1) is 0 Å². The van der Waals surface area contributed by atoms with Crippen LogP contribution in [0, 0.1) is 0 Å². The van der Waals surface area contributed by atoms with Crippen molar-refractivity contribution in [3.8, 4) is 0 Å². The Bertz CT molecular complexity index is 491. The molecule has 1 rings (SSSR count). The van der Waals surface area contributed by atoms with E-state index in [1.165, 1.54) is 13.2 Å². The highest BCUT2D eigenvalue weighted by molar-refractivity contribution is 5.89. The molecule has 0 fully saturated rings. The molecule has 1 aromatic rings. The molecule has 0 aliphatic carbocycles. The van der Waals surface area contributed by atoms with Crippen molar-refractivity contribution in [3.63, 3.8) is 0 Å². The topological polar surface area (TPSA) is 97.5 Å². The summed E-state index contributed by atoms with van der Waals surface area (Å²) in [5.41, 5.74) is 6.43. The number of rotatable bonds is 6. The fourth-order valence-electron chi connectivity index (χ4n) is 1.69. The van der Waals surface area contributed by atoms with Crippen LogP contribution in [-0.2, 0) is 9.53 Å². The third-order valence-corrected chi connectivity index (χ3v) is 2.69. The first-order chi connectivity index (χ1) is 9.53. The summed E-state index contributed by atoms with van der Waals surface area (Å²) in [6.07, 6.45) is 0. The SMILES string of the molecule is CCNC(=O)CN(CC)c1nc(C(=O)OC)ccc1N. The van der Waals surface area contributed by atoms with Crippen LogP contribution in [0.4, 0.5) is 11.5 Å². The Labute approximate surface area is 118 Å². The molecule has 1 aromatic heterocycles. The van der Waals surface area contributed by atoms with Crippen molar-refractivity contribution in [3.05, 3.63) is 17.8 Å². The summed E-state index contributed by atoms with van der Waals surface area (Å²) >= 11 is 0. The number of nitrogens with two attached hydrogens (primary N) is 1. The number of likely N-dealkylation sites (N-methyl/N-ethyl adjacent to an activating group) is 2. The van der Waals surface area contributed by atoms with Crippen molar-refractivity contribution in [1.82, 2.24) is 10.3 Å². The number of hydrogen-bond acceptors (Lipinski definition) is 6. The third-order valence-electron chi connectivity index (χ3n) is 2.69. The van der Waals surface area contributed by atoms with Crippen molar-refractivity contribution < 1.29 is 14.3 Å². The quantitative estimate of drug-likeness (QED) is 0.733. The van der Waals surface area contributed by atoms with Crippen LogP contribution in [0.2, 0.25) is 0 Å². The number of esters is 1. The Morgan fingerprint density at radius 3 is 2.65 bits per heavy atom. The first-order valence-corrected chi connectivity index (χ1v) is 6.39. The molecule has 7 heteroatoms. The summed E-state index contributed by atoms with van der Waals surface area (Å²) < 4.78 is 4.62. The van der Waals surface area contributed by atoms with Crippen molar-refractivity contribution in [1.29, 1.82) is 0 Å². The molecule has 0 unspecified atom stereocenters. The molecule has 0 aromatic carbocycles. The lowest BCUT2D eigenvalue weighted by Gasteiger charge is -2.23. The van der Waals surface area contributed by atoms with Crippen LogP contribution in [0.5, 0.6) is 0 Å². The molecule has 7 nitrogen and oxygen atoms in total. The van der Waals surface area contributed by atoms with Crippen molar-refractivity contribution in [2.75, 3.05) is 37.4 Å². The number of nitrogen functional groups attached to an aromatic ring is 1. The summed E-state index contributed by atoms with van der Waals surface area (Å²) in [5.74, 6) is -0.263. The average Bonchev–Trinajstić information content (AvgIpc) is 2.45. The highest BCUT2D eigenvalue weighted by Gasteiger charge is 2.16. The van der Waals surface area contributed by atoms with Crippen LogP contribution >= 0.6 is 0 Å². The highest BCUT2D eigenvalue weighted by atomic mass is 16.5. The monoisotopic (exact) mass is 280 g/mol. The van der Waals surface area contributed by atoms with Gasteiger partial charge in [-0.05, 0) is 26.0 Å². The Kier molecular flexibility index (Phi) is 5.76. The van der Waals surface area contributed by atoms with E-state index in [0.29, 0.717) is 24.6 Å². The van der Waals surface area contributed by atoms with E-state index in [2.05, 4.69) is 15.0 Å². The maximum atomic E-state index is 11.7. The number of nitrogens with one attached hydrogen (secondary N) is 1. The van der Waals surface area contributed by atoms with Gasteiger partial charge < -0.3 is 20.7 Å². The number of aromatic nitrogens is 1. The predicted molar refractivity (Wildman–Crippen MR) is 76.6 cm³/mol. The van der Waals surface area contributed by atoms with Crippen LogP contribution in [0.25, 0.3) is 0 Å². The minimum absolute atomic E-state index is 0.126. The molecule has 1 heterocycles. The van der Waals surface area contributed by atoms with Gasteiger partial charge in [-0.2, -0.15) is 0 Å². The Morgan fingerprint density at radius 1 is 1.40 bits per heavy atom. The molecule has 0 spiro atoms. The van der Waals surface area contributed by atoms with E-state index >= 15 is 0 Å². The third kappa shape index (κ3) is 3.84. The van der Waals surface area contributed by atoms with Gasteiger partial charge in [0.05, 0.1) is 19.3 Å². The van der Waals surface area contributed by atoms with Crippen molar-refractivity contribution >= 4 is 23.4 Å². The fourth-order valence-corrected chi connectivity index (χ4v) is 1.69. The number of carbonyl (C=O) groups excluding carboxylic acids is 2. The van der Waals surface area contributed by atoms with E-state index < -0.39 is 5.97 Å². The van der Waals surface area contributed by atoms with Crippen LogP contribution in [0.3, 0.4) is 0 Å². The molecule has 3 N–H and O–H groups in total. The summed E-state index contributed by atoms with van der Waals surface area (Å²) in [5, 5.41) is 2.71. The maximum absolute atomic E-state index is 11.7. The zero-order valence-corrected chi connectivity index (χ0v) is 12.0. The van der Waals surface area contributed by atoms with Crippen LogP contribution in [0.1, 0.15) is 24.3 Å². The molecule has 110 valence electrons. The van der Waals surface area contributed by atoms with Gasteiger partial charge in [-0.1, -0.05) is 0 Å². The molecule has 0 bridgehead atoms. The number of carbonyl (C=O) groups is 2. The first kappa shape index (κ1) is 15.7. The number of pyridine rings is 1. The predicted octanol–water partition coefficient (Wildman–Crippen LogP) is 0.413. The minimum Gasteiger partial charge on any atom is -0.464 e. The van der Waals surface area contributed by atoms with E-state index in [-0.39, 0.29) is 18.1 Å². The maximum Gasteiger partial charge on any atom is 0.356 e. The van der Waals surface area contributed by atoms with Gasteiger partial charge in [0, 0.05) is 13.1 Å². The van der Waals surface area contributed by atoms with E-state index in [4.69, 9.17) is 5.73 Å². The van der Waals surface area contributed by atoms with Crippen LogP contribution in [-0.4, -0.2) is 43.6 Å². The highest BCUT2D eigenvalue weighted by Crippen LogP contribution is 2.20. The smallest absolute Gasteiger partial charge is 0.356 e. The number of methoxy groups -OCH3 is 1. The van der Waals surface area contributed by atoms with Crippen molar-refractivity contribution in [2.24, 2.45) is 0 Å². The number of anilines is 2. The van der Waals surface area contributed by atoms with Gasteiger partial charge in [-0.3, -0.25) is 4.79 Å². The molecule has 0 atom stereocenters. The van der Waals surface area contributed by atoms with E-state index in [1.54, 1.807) is 11.0 Å². The van der Waals surface area contributed by atoms with Gasteiger partial charge in [-0.25, -0.2) is 9.78 Å². The summed E-state index contributed by atoms with van der Waals surface area (Å²) in [4.78, 5) is 29.0. The number of nitrogens with zero attached hydrogens (tertiary/aromatic N) is 2. The van der Waals surface area contributed by atoms with Crippen LogP contribution in [0.15, 0.2) is 12.1 Å². The minimum atomic E-state index is -0.541. The second-order valence-corrected chi connectivity index (χ2v) is 4.07. The normalized spacial score (nSPS) is 9.95. The van der Waals surface area contributed by atoms with Gasteiger partial charge in [0.2, 0.25) is 5.91 Å². The summed E-state index contributed by atoms with van der Waals surface area (Å²) in [6.45, 7) is 4.95. The van der Waals surface area contributed by atoms with Gasteiger partial charge in [0.1, 0.15) is 0 Å². The molecule has 20 heavy (non-hydrogen) atoms. The zero-order valence-electron chi connectivity index (χ0n) is 12.0. The largest absolute Gasteiger partial charge is 0.464 e. The first-order valence-electron chi connectivity index (χ1n) is 6.39. The lowest BCUT2D eigenvalue weighted by atomic mass is 10.3. The standard InChI is InChI=1S/C13H20N4O3/c1-4-15-11(18)8-17(5-2)12-9(14)6-7-10(16-12)13(19)20-3/h6-7H,4-5,8,14H2,1-3H3,(H,15,18). The summed E-state index contributed by atoms with van der Waals surface area (Å²) in [7, 11) is 1.28. The van der Waals surface area contributed by atoms with E-state index in [0.717, 1.165) is 0 Å².